The average molecular weight is 492 g/mol. The highest BCUT2D eigenvalue weighted by Gasteiger charge is 2.22. The number of aliphatic imine (C=N–C) groups is 1. The standard InChI is InChI=1S/C26H28FN5O2.C2H6/c1-5-6-28-23(16(2)3)26(33)19-13-20(21(27)11-17(19)4)24-25-22(30-15-31-24)12-18(14-29-25)32-7-9-34-10-8-32;1-2/h5-6,11-15,26,33H,1,7-10H2,2-4H3;1-2H3. The number of allylic oxidation sites excluding steroid dienone is 2. The summed E-state index contributed by atoms with van der Waals surface area (Å²) in [5, 5.41) is 11.1. The highest BCUT2D eigenvalue weighted by atomic mass is 19.1. The van der Waals surface area contributed by atoms with E-state index in [0.717, 1.165) is 24.4 Å². The minimum absolute atomic E-state index is 0.250. The van der Waals surface area contributed by atoms with Gasteiger partial charge in [0.05, 0.1) is 36.3 Å². The summed E-state index contributed by atoms with van der Waals surface area (Å²) in [7, 11) is 0. The van der Waals surface area contributed by atoms with Crippen LogP contribution < -0.4 is 4.90 Å². The molecule has 1 fully saturated rings. The molecule has 1 saturated heterocycles. The van der Waals surface area contributed by atoms with E-state index in [1.165, 1.54) is 18.6 Å². The normalized spacial score (nSPS) is 14.4. The van der Waals surface area contributed by atoms with Crippen LogP contribution in [0.2, 0.25) is 0 Å². The number of aliphatic hydroxyl groups excluding tert-OH is 1. The van der Waals surface area contributed by atoms with Crippen LogP contribution in [0.4, 0.5) is 10.1 Å². The van der Waals surface area contributed by atoms with Crippen molar-refractivity contribution in [1.29, 1.82) is 0 Å². The molecule has 0 spiro atoms. The van der Waals surface area contributed by atoms with Crippen molar-refractivity contribution in [3.63, 3.8) is 0 Å². The minimum atomic E-state index is -1.03. The Bertz CT molecular complexity index is 1280. The highest BCUT2D eigenvalue weighted by Crippen LogP contribution is 2.34. The molecule has 4 rings (SSSR count). The van der Waals surface area contributed by atoms with Crippen molar-refractivity contribution in [1.82, 2.24) is 15.0 Å². The van der Waals surface area contributed by atoms with Crippen LogP contribution >= 0.6 is 0 Å². The van der Waals surface area contributed by atoms with E-state index in [-0.39, 0.29) is 5.56 Å². The summed E-state index contributed by atoms with van der Waals surface area (Å²) in [5.41, 5.74) is 5.17. The maximum absolute atomic E-state index is 15.2. The lowest BCUT2D eigenvalue weighted by Crippen LogP contribution is -2.36. The molecule has 0 aliphatic carbocycles. The first kappa shape index (κ1) is 27.1. The van der Waals surface area contributed by atoms with E-state index in [1.54, 1.807) is 25.3 Å². The molecule has 36 heavy (non-hydrogen) atoms. The predicted molar refractivity (Wildman–Crippen MR) is 144 cm³/mol. The molecule has 1 aliphatic heterocycles. The molecule has 3 aromatic rings. The molecule has 0 amide bonds. The summed E-state index contributed by atoms with van der Waals surface area (Å²) in [5.74, 6) is -0.444. The third-order valence-electron chi connectivity index (χ3n) is 5.83. The van der Waals surface area contributed by atoms with Crippen molar-refractivity contribution >= 4 is 22.9 Å². The maximum Gasteiger partial charge on any atom is 0.132 e. The number of rotatable bonds is 6. The lowest BCUT2D eigenvalue weighted by molar-refractivity contribution is 0.122. The second-order valence-electron chi connectivity index (χ2n) is 8.37. The van der Waals surface area contributed by atoms with Gasteiger partial charge in [0, 0.05) is 24.9 Å². The van der Waals surface area contributed by atoms with Gasteiger partial charge in [-0.3, -0.25) is 9.98 Å². The van der Waals surface area contributed by atoms with Crippen LogP contribution in [-0.2, 0) is 4.74 Å². The molecule has 7 nitrogen and oxygen atoms in total. The van der Waals surface area contributed by atoms with Crippen molar-refractivity contribution in [2.75, 3.05) is 31.2 Å². The Kier molecular flexibility index (Phi) is 9.38. The highest BCUT2D eigenvalue weighted by molar-refractivity contribution is 5.90. The summed E-state index contributed by atoms with van der Waals surface area (Å²) in [6.07, 6.45) is 5.21. The van der Waals surface area contributed by atoms with Crippen molar-refractivity contribution in [3.05, 3.63) is 71.6 Å². The van der Waals surface area contributed by atoms with Gasteiger partial charge in [-0.2, -0.15) is 0 Å². The van der Waals surface area contributed by atoms with E-state index in [0.29, 0.717) is 46.8 Å². The van der Waals surface area contributed by atoms with Crippen LogP contribution in [-0.4, -0.2) is 52.6 Å². The molecule has 0 radical (unpaired) electrons. The SMILES string of the molecule is C=CC=NC(=C(C)C)C(O)c1cc(-c2ncnc3cc(N4CCOCC4)cnc23)c(F)cc1C.CC. The Hall–Kier alpha value is -3.49. The van der Waals surface area contributed by atoms with Gasteiger partial charge in [-0.1, -0.05) is 32.1 Å². The number of morpholine rings is 1. The Morgan fingerprint density at radius 1 is 1.17 bits per heavy atom. The van der Waals surface area contributed by atoms with Crippen LogP contribution in [0.5, 0.6) is 0 Å². The molecule has 1 N–H and O–H groups in total. The number of hydrogen-bond donors (Lipinski definition) is 1. The van der Waals surface area contributed by atoms with E-state index >= 15 is 4.39 Å². The van der Waals surface area contributed by atoms with Gasteiger partial charge in [-0.05, 0) is 50.1 Å². The van der Waals surface area contributed by atoms with Crippen molar-refractivity contribution in [3.8, 4) is 11.3 Å². The molecule has 190 valence electrons. The van der Waals surface area contributed by atoms with Gasteiger partial charge in [-0.15, -0.1) is 0 Å². The maximum atomic E-state index is 15.2. The van der Waals surface area contributed by atoms with E-state index in [1.807, 2.05) is 33.8 Å². The van der Waals surface area contributed by atoms with E-state index in [9.17, 15) is 5.11 Å². The molecule has 8 heteroatoms. The summed E-state index contributed by atoms with van der Waals surface area (Å²) < 4.78 is 20.6. The summed E-state index contributed by atoms with van der Waals surface area (Å²) in [6, 6.07) is 4.97. The summed E-state index contributed by atoms with van der Waals surface area (Å²) in [6.45, 7) is 16.0. The topological polar surface area (TPSA) is 83.7 Å². The minimum Gasteiger partial charge on any atom is -0.382 e. The third kappa shape index (κ3) is 5.83. The van der Waals surface area contributed by atoms with Gasteiger partial charge in [0.25, 0.3) is 0 Å². The lowest BCUT2D eigenvalue weighted by atomic mass is 9.95. The molecular weight excluding hydrogens is 457 g/mol. The smallest absolute Gasteiger partial charge is 0.132 e. The van der Waals surface area contributed by atoms with Crippen molar-refractivity contribution in [2.45, 2.75) is 40.7 Å². The third-order valence-corrected chi connectivity index (χ3v) is 5.83. The van der Waals surface area contributed by atoms with Crippen molar-refractivity contribution in [2.24, 2.45) is 4.99 Å². The van der Waals surface area contributed by atoms with Gasteiger partial charge in [0.15, 0.2) is 0 Å². The summed E-state index contributed by atoms with van der Waals surface area (Å²) in [4.78, 5) is 19.8. The van der Waals surface area contributed by atoms with Crippen LogP contribution in [0.25, 0.3) is 22.3 Å². The number of fused-ring (bicyclic) bond motifs is 1. The van der Waals surface area contributed by atoms with Crippen molar-refractivity contribution < 1.29 is 14.2 Å². The number of nitrogens with zero attached hydrogens (tertiary/aromatic N) is 5. The number of aliphatic hydroxyl groups is 1. The van der Waals surface area contributed by atoms with Crippen LogP contribution in [0.3, 0.4) is 0 Å². The quantitative estimate of drug-likeness (QED) is 0.453. The van der Waals surface area contributed by atoms with E-state index in [2.05, 4.69) is 31.4 Å². The number of pyridine rings is 1. The molecule has 1 aliphatic rings. The number of aromatic nitrogens is 3. The Balaban J connectivity index is 0.00000176. The molecule has 2 aromatic heterocycles. The summed E-state index contributed by atoms with van der Waals surface area (Å²) >= 11 is 0. The zero-order chi connectivity index (χ0) is 26.2. The Labute approximate surface area is 212 Å². The molecule has 0 bridgehead atoms. The largest absolute Gasteiger partial charge is 0.382 e. The molecule has 0 saturated carbocycles. The molecule has 1 atom stereocenters. The van der Waals surface area contributed by atoms with Gasteiger partial charge >= 0.3 is 0 Å². The average Bonchev–Trinajstić information content (AvgIpc) is 2.90. The zero-order valence-corrected chi connectivity index (χ0v) is 21.6. The number of ether oxygens (including phenoxy) is 1. The Morgan fingerprint density at radius 3 is 2.56 bits per heavy atom. The fourth-order valence-electron chi connectivity index (χ4n) is 4.04. The van der Waals surface area contributed by atoms with Gasteiger partial charge in [0.1, 0.15) is 29.5 Å². The first-order chi connectivity index (χ1) is 17.4. The Morgan fingerprint density at radius 2 is 1.89 bits per heavy atom. The molecular formula is C28H34FN5O2. The first-order valence-corrected chi connectivity index (χ1v) is 12.1. The number of halogens is 1. The number of anilines is 1. The number of benzene rings is 1. The zero-order valence-electron chi connectivity index (χ0n) is 21.6. The predicted octanol–water partition coefficient (Wildman–Crippen LogP) is 5.59. The lowest BCUT2D eigenvalue weighted by Gasteiger charge is -2.28. The molecule has 1 unspecified atom stereocenters. The first-order valence-electron chi connectivity index (χ1n) is 12.1. The van der Waals surface area contributed by atoms with Gasteiger partial charge < -0.3 is 14.7 Å². The second-order valence-corrected chi connectivity index (χ2v) is 8.37. The van der Waals surface area contributed by atoms with E-state index < -0.39 is 11.9 Å². The number of aryl methyl sites for hydroxylation is 1. The van der Waals surface area contributed by atoms with E-state index in [4.69, 9.17) is 4.74 Å². The molecule has 1 aromatic carbocycles. The monoisotopic (exact) mass is 491 g/mol. The van der Waals surface area contributed by atoms with Gasteiger partial charge in [0.2, 0.25) is 0 Å². The number of hydrogen-bond acceptors (Lipinski definition) is 7. The van der Waals surface area contributed by atoms with Gasteiger partial charge in [-0.25, -0.2) is 14.4 Å². The fourth-order valence-corrected chi connectivity index (χ4v) is 4.04. The second kappa shape index (κ2) is 12.5. The molecule has 3 heterocycles. The fraction of sp³-hybridized carbons (Fsp3) is 0.357. The van der Waals surface area contributed by atoms with Crippen LogP contribution in [0, 0.1) is 12.7 Å². The van der Waals surface area contributed by atoms with Crippen LogP contribution in [0.15, 0.2) is 59.6 Å². The van der Waals surface area contributed by atoms with Crippen LogP contribution in [0.1, 0.15) is 44.9 Å².